The molecular formula is C17H18ClNO4S. The summed E-state index contributed by atoms with van der Waals surface area (Å²) in [6, 6.07) is 10.7. The number of carbonyl (C=O) groups excluding carboxylic acids is 1. The lowest BCUT2D eigenvalue weighted by Gasteiger charge is -2.14. The number of nitrogens with one attached hydrogen (secondary N) is 1. The normalized spacial score (nSPS) is 10.2. The Balaban J connectivity index is 2.04. The number of benzene rings is 2. The van der Waals surface area contributed by atoms with Crippen LogP contribution in [0.4, 0.5) is 5.69 Å². The van der Waals surface area contributed by atoms with Gasteiger partial charge in [-0.15, -0.1) is 11.8 Å². The fraction of sp³-hybridized carbons (Fsp3) is 0.235. The van der Waals surface area contributed by atoms with Crippen LogP contribution in [0.2, 0.25) is 5.02 Å². The zero-order valence-corrected chi connectivity index (χ0v) is 15.2. The van der Waals surface area contributed by atoms with Crippen molar-refractivity contribution in [2.24, 2.45) is 0 Å². The van der Waals surface area contributed by atoms with E-state index in [1.165, 1.54) is 33.1 Å². The second kappa shape index (κ2) is 8.70. The fourth-order valence-corrected chi connectivity index (χ4v) is 2.85. The van der Waals surface area contributed by atoms with Gasteiger partial charge in [0.2, 0.25) is 11.7 Å². The van der Waals surface area contributed by atoms with Gasteiger partial charge in [0.1, 0.15) is 0 Å². The lowest BCUT2D eigenvalue weighted by Crippen LogP contribution is -2.14. The van der Waals surface area contributed by atoms with Gasteiger partial charge in [0.05, 0.1) is 27.1 Å². The minimum atomic E-state index is -0.135. The lowest BCUT2D eigenvalue weighted by molar-refractivity contribution is -0.113. The molecule has 24 heavy (non-hydrogen) atoms. The Hall–Kier alpha value is -2.05. The summed E-state index contributed by atoms with van der Waals surface area (Å²) in [6.45, 7) is 0. The molecule has 0 saturated heterocycles. The Bertz CT molecular complexity index is 681. The Morgan fingerprint density at radius 3 is 2.12 bits per heavy atom. The molecule has 7 heteroatoms. The number of amides is 1. The Kier molecular flexibility index (Phi) is 6.63. The van der Waals surface area contributed by atoms with Crippen molar-refractivity contribution in [3.63, 3.8) is 0 Å². The van der Waals surface area contributed by atoms with Crippen molar-refractivity contribution in [3.8, 4) is 17.2 Å². The van der Waals surface area contributed by atoms with Gasteiger partial charge in [-0.2, -0.15) is 0 Å². The highest BCUT2D eigenvalue weighted by molar-refractivity contribution is 8.00. The topological polar surface area (TPSA) is 56.8 Å². The quantitative estimate of drug-likeness (QED) is 0.747. The molecule has 2 rings (SSSR count). The molecule has 0 bridgehead atoms. The Morgan fingerprint density at radius 1 is 1.04 bits per heavy atom. The van der Waals surface area contributed by atoms with E-state index >= 15 is 0 Å². The molecule has 1 N–H and O–H groups in total. The van der Waals surface area contributed by atoms with E-state index in [0.29, 0.717) is 28.0 Å². The minimum absolute atomic E-state index is 0.135. The monoisotopic (exact) mass is 367 g/mol. The maximum absolute atomic E-state index is 12.1. The summed E-state index contributed by atoms with van der Waals surface area (Å²) in [5.74, 6) is 1.59. The van der Waals surface area contributed by atoms with Gasteiger partial charge in [-0.25, -0.2) is 0 Å². The first-order valence-corrected chi connectivity index (χ1v) is 8.42. The van der Waals surface area contributed by atoms with Gasteiger partial charge >= 0.3 is 0 Å². The van der Waals surface area contributed by atoms with Crippen LogP contribution in [-0.4, -0.2) is 33.0 Å². The van der Waals surface area contributed by atoms with E-state index in [0.717, 1.165) is 4.90 Å². The van der Waals surface area contributed by atoms with E-state index in [1.807, 2.05) is 12.1 Å². The molecule has 0 aliphatic carbocycles. The maximum atomic E-state index is 12.1. The number of carbonyl (C=O) groups is 1. The van der Waals surface area contributed by atoms with Crippen LogP contribution in [0.5, 0.6) is 17.2 Å². The van der Waals surface area contributed by atoms with Crippen LogP contribution in [0, 0.1) is 0 Å². The number of methoxy groups -OCH3 is 3. The molecule has 0 unspecified atom stereocenters. The van der Waals surface area contributed by atoms with Crippen LogP contribution >= 0.6 is 23.4 Å². The molecule has 0 fully saturated rings. The van der Waals surface area contributed by atoms with E-state index in [9.17, 15) is 4.79 Å². The molecule has 0 saturated carbocycles. The predicted molar refractivity (Wildman–Crippen MR) is 96.9 cm³/mol. The van der Waals surface area contributed by atoms with Crippen molar-refractivity contribution in [1.29, 1.82) is 0 Å². The molecule has 0 spiro atoms. The van der Waals surface area contributed by atoms with Gasteiger partial charge in [0.15, 0.2) is 11.5 Å². The summed E-state index contributed by atoms with van der Waals surface area (Å²) in [6.07, 6.45) is 0. The molecule has 0 atom stereocenters. The van der Waals surface area contributed by atoms with E-state index in [1.54, 1.807) is 24.3 Å². The first-order chi connectivity index (χ1) is 11.6. The molecule has 0 heterocycles. The average molecular weight is 368 g/mol. The molecule has 2 aromatic carbocycles. The smallest absolute Gasteiger partial charge is 0.234 e. The highest BCUT2D eigenvalue weighted by atomic mass is 35.5. The molecule has 128 valence electrons. The summed E-state index contributed by atoms with van der Waals surface area (Å²) < 4.78 is 15.8. The van der Waals surface area contributed by atoms with Crippen molar-refractivity contribution in [2.75, 3.05) is 32.4 Å². The van der Waals surface area contributed by atoms with E-state index in [2.05, 4.69) is 5.32 Å². The zero-order valence-electron chi connectivity index (χ0n) is 13.6. The molecule has 0 radical (unpaired) electrons. The first kappa shape index (κ1) is 18.3. The zero-order chi connectivity index (χ0) is 17.5. The molecule has 0 aromatic heterocycles. The number of rotatable bonds is 7. The Morgan fingerprint density at radius 2 is 1.62 bits per heavy atom. The van der Waals surface area contributed by atoms with Crippen molar-refractivity contribution >= 4 is 35.0 Å². The highest BCUT2D eigenvalue weighted by Gasteiger charge is 2.14. The van der Waals surface area contributed by atoms with Gasteiger partial charge < -0.3 is 19.5 Å². The van der Waals surface area contributed by atoms with Crippen molar-refractivity contribution in [1.82, 2.24) is 0 Å². The highest BCUT2D eigenvalue weighted by Crippen LogP contribution is 2.39. The second-order valence-corrected chi connectivity index (χ2v) is 6.19. The number of thioether (sulfide) groups is 1. The van der Waals surface area contributed by atoms with Crippen LogP contribution in [-0.2, 0) is 4.79 Å². The van der Waals surface area contributed by atoms with E-state index < -0.39 is 0 Å². The summed E-state index contributed by atoms with van der Waals surface area (Å²) in [5, 5.41) is 3.49. The number of hydrogen-bond donors (Lipinski definition) is 1. The van der Waals surface area contributed by atoms with Crippen LogP contribution in [0.15, 0.2) is 41.3 Å². The van der Waals surface area contributed by atoms with Crippen molar-refractivity contribution in [2.45, 2.75) is 4.90 Å². The maximum Gasteiger partial charge on any atom is 0.234 e. The summed E-state index contributed by atoms with van der Waals surface area (Å²) in [7, 11) is 4.58. The first-order valence-electron chi connectivity index (χ1n) is 7.05. The molecule has 1 amide bonds. The molecule has 5 nitrogen and oxygen atoms in total. The van der Waals surface area contributed by atoms with Gasteiger partial charge in [0, 0.05) is 27.7 Å². The summed E-state index contributed by atoms with van der Waals surface area (Å²) in [5.41, 5.74) is 0.575. The third-order valence-corrected chi connectivity index (χ3v) is 4.40. The molecule has 0 aliphatic rings. The van der Waals surface area contributed by atoms with Crippen molar-refractivity contribution in [3.05, 3.63) is 41.4 Å². The van der Waals surface area contributed by atoms with E-state index in [4.69, 9.17) is 25.8 Å². The predicted octanol–water partition coefficient (Wildman–Crippen LogP) is 4.10. The summed E-state index contributed by atoms with van der Waals surface area (Å²) in [4.78, 5) is 13.1. The minimum Gasteiger partial charge on any atom is -0.493 e. The largest absolute Gasteiger partial charge is 0.493 e. The molecule has 0 aliphatic heterocycles. The van der Waals surface area contributed by atoms with Gasteiger partial charge in [-0.05, 0) is 24.3 Å². The fourth-order valence-electron chi connectivity index (χ4n) is 2.03. The second-order valence-electron chi connectivity index (χ2n) is 4.70. The Labute approximate surface area is 150 Å². The van der Waals surface area contributed by atoms with Crippen LogP contribution < -0.4 is 19.5 Å². The number of anilines is 1. The van der Waals surface area contributed by atoms with Gasteiger partial charge in [-0.3, -0.25) is 4.79 Å². The lowest BCUT2D eigenvalue weighted by atomic mass is 10.2. The third kappa shape index (κ3) is 4.72. The standard InChI is InChI=1S/C17H18ClNO4S/c1-21-14-8-12(9-15(22-2)17(14)23-3)19-16(20)10-24-13-6-4-11(18)5-7-13/h4-9H,10H2,1-3H3,(H,19,20). The molecular weight excluding hydrogens is 350 g/mol. The number of halogens is 1. The number of hydrogen-bond acceptors (Lipinski definition) is 5. The number of ether oxygens (including phenoxy) is 3. The van der Waals surface area contributed by atoms with Gasteiger partial charge in [0.25, 0.3) is 0 Å². The van der Waals surface area contributed by atoms with Crippen molar-refractivity contribution < 1.29 is 19.0 Å². The van der Waals surface area contributed by atoms with Crippen LogP contribution in [0.25, 0.3) is 0 Å². The van der Waals surface area contributed by atoms with E-state index in [-0.39, 0.29) is 11.7 Å². The SMILES string of the molecule is COc1cc(NC(=O)CSc2ccc(Cl)cc2)cc(OC)c1OC. The average Bonchev–Trinajstić information content (AvgIpc) is 2.60. The summed E-state index contributed by atoms with van der Waals surface area (Å²) >= 11 is 7.27. The van der Waals surface area contributed by atoms with Gasteiger partial charge in [-0.1, -0.05) is 11.6 Å². The van der Waals surface area contributed by atoms with Crippen LogP contribution in [0.3, 0.4) is 0 Å². The van der Waals surface area contributed by atoms with Crippen LogP contribution in [0.1, 0.15) is 0 Å². The molecule has 2 aromatic rings. The third-order valence-electron chi connectivity index (χ3n) is 3.13.